The summed E-state index contributed by atoms with van der Waals surface area (Å²) in [5.74, 6) is -0.768. The highest BCUT2D eigenvalue weighted by Gasteiger charge is 2.33. The van der Waals surface area contributed by atoms with E-state index < -0.39 is 28.5 Å². The van der Waals surface area contributed by atoms with Crippen LogP contribution >= 0.6 is 0 Å². The number of rotatable bonds is 10. The van der Waals surface area contributed by atoms with Gasteiger partial charge in [-0.15, -0.1) is 0 Å². The van der Waals surface area contributed by atoms with Crippen LogP contribution in [0.3, 0.4) is 0 Å². The van der Waals surface area contributed by atoms with Crippen LogP contribution in [0.2, 0.25) is 0 Å². The van der Waals surface area contributed by atoms with E-state index in [2.05, 4.69) is 5.32 Å². The van der Waals surface area contributed by atoms with Gasteiger partial charge in [0.05, 0.1) is 10.6 Å². The summed E-state index contributed by atoms with van der Waals surface area (Å²) < 4.78 is 28.6. The first-order chi connectivity index (χ1) is 17.2. The van der Waals surface area contributed by atoms with E-state index in [9.17, 15) is 18.0 Å². The van der Waals surface area contributed by atoms with Gasteiger partial charge in [-0.1, -0.05) is 72.6 Å². The van der Waals surface area contributed by atoms with Gasteiger partial charge in [0.15, 0.2) is 0 Å². The molecule has 0 unspecified atom stereocenters. The number of nitrogens with zero attached hydrogens (tertiary/aromatic N) is 2. The molecule has 0 fully saturated rings. The molecule has 0 aliphatic rings. The van der Waals surface area contributed by atoms with Crippen LogP contribution in [0, 0.1) is 13.8 Å². The lowest BCUT2D eigenvalue weighted by Crippen LogP contribution is -2.51. The van der Waals surface area contributed by atoms with Crippen molar-refractivity contribution in [3.63, 3.8) is 0 Å². The van der Waals surface area contributed by atoms with E-state index in [1.165, 1.54) is 24.1 Å². The topological polar surface area (TPSA) is 86.8 Å². The third-order valence-corrected chi connectivity index (χ3v) is 7.83. The van der Waals surface area contributed by atoms with Crippen LogP contribution in [0.25, 0.3) is 0 Å². The van der Waals surface area contributed by atoms with Crippen LogP contribution in [-0.4, -0.2) is 44.8 Å². The highest BCUT2D eigenvalue weighted by atomic mass is 32.2. The van der Waals surface area contributed by atoms with Gasteiger partial charge in [0.2, 0.25) is 11.8 Å². The third-order valence-electron chi connectivity index (χ3n) is 6.04. The Kier molecular flexibility index (Phi) is 8.88. The summed E-state index contributed by atoms with van der Waals surface area (Å²) in [5, 5.41) is 2.63. The number of sulfonamides is 1. The molecule has 0 heterocycles. The maximum atomic E-state index is 13.8. The maximum Gasteiger partial charge on any atom is 0.264 e. The molecule has 8 heteroatoms. The molecule has 36 heavy (non-hydrogen) atoms. The number of amides is 2. The second kappa shape index (κ2) is 11.9. The average Bonchev–Trinajstić information content (AvgIpc) is 2.88. The van der Waals surface area contributed by atoms with Crippen LogP contribution in [0.4, 0.5) is 5.69 Å². The van der Waals surface area contributed by atoms with E-state index in [-0.39, 0.29) is 17.3 Å². The number of hydrogen-bond donors (Lipinski definition) is 1. The van der Waals surface area contributed by atoms with Crippen molar-refractivity contribution in [3.8, 4) is 0 Å². The fourth-order valence-corrected chi connectivity index (χ4v) is 5.36. The number of carbonyl (C=O) groups is 2. The first-order valence-electron chi connectivity index (χ1n) is 11.9. The Labute approximate surface area is 213 Å². The standard InChI is InChI=1S/C28H33N3O4S/c1-5-26(28(33)29-4)30(19-23-9-7-6-8-10-23)27(32)20-31(24-15-11-21(2)12-16-24)36(34,35)25-17-13-22(3)14-18-25/h6-18,26H,5,19-20H2,1-4H3,(H,29,33)/t26-/m1/s1. The molecule has 7 nitrogen and oxygen atoms in total. The Morgan fingerprint density at radius 3 is 1.94 bits per heavy atom. The molecule has 0 spiro atoms. The number of aryl methyl sites for hydroxylation is 2. The van der Waals surface area contributed by atoms with Gasteiger partial charge in [-0.05, 0) is 50.1 Å². The molecule has 0 aliphatic heterocycles. The molecule has 0 saturated carbocycles. The minimum Gasteiger partial charge on any atom is -0.357 e. The van der Waals surface area contributed by atoms with Crippen LogP contribution in [0.5, 0.6) is 0 Å². The molecule has 0 saturated heterocycles. The Morgan fingerprint density at radius 2 is 1.42 bits per heavy atom. The Hall–Kier alpha value is -3.65. The van der Waals surface area contributed by atoms with E-state index in [4.69, 9.17) is 0 Å². The van der Waals surface area contributed by atoms with Gasteiger partial charge in [-0.2, -0.15) is 0 Å². The number of nitrogens with one attached hydrogen (secondary N) is 1. The highest BCUT2D eigenvalue weighted by Crippen LogP contribution is 2.25. The summed E-state index contributed by atoms with van der Waals surface area (Å²) in [6.07, 6.45) is 0.382. The minimum absolute atomic E-state index is 0.0921. The molecule has 2 amide bonds. The number of hydrogen-bond acceptors (Lipinski definition) is 4. The van der Waals surface area contributed by atoms with Crippen molar-refractivity contribution in [2.75, 3.05) is 17.9 Å². The molecule has 0 aromatic heterocycles. The molecule has 3 rings (SSSR count). The first-order valence-corrected chi connectivity index (χ1v) is 13.3. The monoisotopic (exact) mass is 507 g/mol. The van der Waals surface area contributed by atoms with E-state index >= 15 is 0 Å². The zero-order valence-electron chi connectivity index (χ0n) is 21.1. The van der Waals surface area contributed by atoms with Gasteiger partial charge >= 0.3 is 0 Å². The van der Waals surface area contributed by atoms with Crippen LogP contribution in [-0.2, 0) is 26.2 Å². The maximum absolute atomic E-state index is 13.8. The summed E-state index contributed by atoms with van der Waals surface area (Å²) in [5.41, 5.74) is 3.12. The normalized spacial score (nSPS) is 12.0. The molecule has 0 radical (unpaired) electrons. The molecule has 1 N–H and O–H groups in total. The van der Waals surface area contributed by atoms with Gasteiger partial charge in [0.1, 0.15) is 12.6 Å². The molecule has 3 aromatic carbocycles. The largest absolute Gasteiger partial charge is 0.357 e. The molecule has 0 bridgehead atoms. The summed E-state index contributed by atoms with van der Waals surface area (Å²) in [6.45, 7) is 5.34. The fraction of sp³-hybridized carbons (Fsp3) is 0.286. The van der Waals surface area contributed by atoms with E-state index in [0.717, 1.165) is 21.0 Å². The van der Waals surface area contributed by atoms with Crippen molar-refractivity contribution < 1.29 is 18.0 Å². The molecule has 3 aromatic rings. The Morgan fingerprint density at radius 1 is 0.861 bits per heavy atom. The quantitative estimate of drug-likeness (QED) is 0.449. The minimum atomic E-state index is -4.06. The van der Waals surface area contributed by atoms with Crippen molar-refractivity contribution in [1.82, 2.24) is 10.2 Å². The molecule has 190 valence electrons. The predicted octanol–water partition coefficient (Wildman–Crippen LogP) is 4.05. The number of anilines is 1. The fourth-order valence-electron chi connectivity index (χ4n) is 3.94. The SMILES string of the molecule is CC[C@H](C(=O)NC)N(Cc1ccccc1)C(=O)CN(c1ccc(C)cc1)S(=O)(=O)c1ccc(C)cc1. The number of likely N-dealkylation sites (N-methyl/N-ethyl adjacent to an activating group) is 1. The molecular formula is C28H33N3O4S. The summed E-state index contributed by atoms with van der Waals surface area (Å²) in [7, 11) is -2.53. The number of carbonyl (C=O) groups excluding carboxylic acids is 2. The van der Waals surface area contributed by atoms with E-state index in [0.29, 0.717) is 12.1 Å². The van der Waals surface area contributed by atoms with Gasteiger partial charge < -0.3 is 10.2 Å². The molecule has 0 aliphatic carbocycles. The second-order valence-electron chi connectivity index (χ2n) is 8.71. The second-order valence-corrected chi connectivity index (χ2v) is 10.6. The lowest BCUT2D eigenvalue weighted by Gasteiger charge is -2.33. The van der Waals surface area contributed by atoms with E-state index in [1.54, 1.807) is 36.4 Å². The molecule has 1 atom stereocenters. The zero-order chi connectivity index (χ0) is 26.3. The lowest BCUT2D eigenvalue weighted by molar-refractivity contribution is -0.140. The van der Waals surface area contributed by atoms with Crippen molar-refractivity contribution in [1.29, 1.82) is 0 Å². The summed E-state index contributed by atoms with van der Waals surface area (Å²) in [4.78, 5) is 28.0. The highest BCUT2D eigenvalue weighted by molar-refractivity contribution is 7.92. The van der Waals surface area contributed by atoms with Crippen molar-refractivity contribution in [3.05, 3.63) is 95.6 Å². The molecular weight excluding hydrogens is 474 g/mol. The summed E-state index contributed by atoms with van der Waals surface area (Å²) in [6, 6.07) is 22.1. The van der Waals surface area contributed by atoms with Crippen molar-refractivity contribution >= 4 is 27.5 Å². The van der Waals surface area contributed by atoms with Gasteiger partial charge in [0.25, 0.3) is 10.0 Å². The smallest absolute Gasteiger partial charge is 0.264 e. The third kappa shape index (κ3) is 6.31. The van der Waals surface area contributed by atoms with Crippen LogP contribution in [0.15, 0.2) is 83.8 Å². The Bertz CT molecular complexity index is 1270. The average molecular weight is 508 g/mol. The van der Waals surface area contributed by atoms with Gasteiger partial charge in [0, 0.05) is 13.6 Å². The predicted molar refractivity (Wildman–Crippen MR) is 142 cm³/mol. The van der Waals surface area contributed by atoms with Gasteiger partial charge in [-0.25, -0.2) is 8.42 Å². The summed E-state index contributed by atoms with van der Waals surface area (Å²) >= 11 is 0. The number of benzene rings is 3. The van der Waals surface area contributed by atoms with Gasteiger partial charge in [-0.3, -0.25) is 13.9 Å². The van der Waals surface area contributed by atoms with Crippen LogP contribution < -0.4 is 9.62 Å². The van der Waals surface area contributed by atoms with Crippen LogP contribution in [0.1, 0.15) is 30.0 Å². The van der Waals surface area contributed by atoms with Crippen molar-refractivity contribution in [2.24, 2.45) is 0 Å². The zero-order valence-corrected chi connectivity index (χ0v) is 22.0. The van der Waals surface area contributed by atoms with E-state index in [1.807, 2.05) is 51.1 Å². The first kappa shape index (κ1) is 26.9. The lowest BCUT2D eigenvalue weighted by atomic mass is 10.1. The Balaban J connectivity index is 2.04. The van der Waals surface area contributed by atoms with Crippen molar-refractivity contribution in [2.45, 2.75) is 44.7 Å².